The number of pyridine rings is 1. The summed E-state index contributed by atoms with van der Waals surface area (Å²) in [4.78, 5) is 18.8. The molecule has 2 atom stereocenters. The molecule has 0 spiro atoms. The minimum absolute atomic E-state index is 0.0127. The Bertz CT molecular complexity index is 495. The molecular formula is C15H23N3O3. The number of nitrogens with zero attached hydrogens (tertiary/aromatic N) is 2. The van der Waals surface area contributed by atoms with Gasteiger partial charge in [-0.25, -0.2) is 4.98 Å². The number of likely N-dealkylation sites (tertiary alicyclic amines) is 1. The van der Waals surface area contributed by atoms with Crippen LogP contribution in [0.1, 0.15) is 23.0 Å². The Morgan fingerprint density at radius 2 is 1.95 bits per heavy atom. The molecule has 2 heterocycles. The predicted molar refractivity (Wildman–Crippen MR) is 80.6 cm³/mol. The number of aromatic nitrogens is 1. The quantitative estimate of drug-likeness (QED) is 0.887. The molecule has 1 saturated heterocycles. The van der Waals surface area contributed by atoms with Crippen molar-refractivity contribution in [2.75, 3.05) is 39.2 Å². The van der Waals surface area contributed by atoms with Gasteiger partial charge in [-0.15, -0.1) is 0 Å². The smallest absolute Gasteiger partial charge is 0.254 e. The van der Waals surface area contributed by atoms with Crippen LogP contribution in [0.15, 0.2) is 12.1 Å². The van der Waals surface area contributed by atoms with Crippen molar-refractivity contribution in [1.82, 2.24) is 9.88 Å². The molecule has 6 nitrogen and oxygen atoms in total. The number of aryl methyl sites for hydroxylation is 1. The lowest BCUT2D eigenvalue weighted by atomic mass is 10.2. The van der Waals surface area contributed by atoms with E-state index in [1.54, 1.807) is 25.2 Å². The van der Waals surface area contributed by atoms with Crippen LogP contribution in [0.5, 0.6) is 0 Å². The summed E-state index contributed by atoms with van der Waals surface area (Å²) in [5.41, 5.74) is 1.47. The van der Waals surface area contributed by atoms with Crippen molar-refractivity contribution < 1.29 is 14.3 Å². The third-order valence-electron chi connectivity index (χ3n) is 3.67. The summed E-state index contributed by atoms with van der Waals surface area (Å²) in [6.45, 7) is 5.75. The summed E-state index contributed by atoms with van der Waals surface area (Å²) in [5.74, 6) is 0.716. The van der Waals surface area contributed by atoms with Crippen LogP contribution >= 0.6 is 0 Å². The molecule has 1 aromatic rings. The van der Waals surface area contributed by atoms with E-state index in [0.29, 0.717) is 18.7 Å². The molecule has 0 aliphatic carbocycles. The van der Waals surface area contributed by atoms with Gasteiger partial charge in [-0.2, -0.15) is 0 Å². The van der Waals surface area contributed by atoms with Crippen LogP contribution in [-0.4, -0.2) is 61.9 Å². The molecule has 1 amide bonds. The van der Waals surface area contributed by atoms with Crippen LogP contribution in [0.4, 0.5) is 5.82 Å². The lowest BCUT2D eigenvalue weighted by Crippen LogP contribution is -2.30. The second-order valence-corrected chi connectivity index (χ2v) is 5.17. The highest BCUT2D eigenvalue weighted by Crippen LogP contribution is 2.20. The first-order chi connectivity index (χ1) is 10.1. The average Bonchev–Trinajstić information content (AvgIpc) is 2.89. The fourth-order valence-electron chi connectivity index (χ4n) is 2.61. The monoisotopic (exact) mass is 293 g/mol. The van der Waals surface area contributed by atoms with Crippen LogP contribution in [0.3, 0.4) is 0 Å². The number of nitrogens with one attached hydrogen (secondary N) is 1. The summed E-state index contributed by atoms with van der Waals surface area (Å²) < 4.78 is 10.7. The maximum absolute atomic E-state index is 12.6. The lowest BCUT2D eigenvalue weighted by Gasteiger charge is -2.16. The third-order valence-corrected chi connectivity index (χ3v) is 3.67. The molecule has 0 aromatic carbocycles. The summed E-state index contributed by atoms with van der Waals surface area (Å²) in [7, 11) is 3.29. The molecule has 2 unspecified atom stereocenters. The number of carbonyl (C=O) groups excluding carboxylic acids is 1. The van der Waals surface area contributed by atoms with Gasteiger partial charge in [0.15, 0.2) is 0 Å². The molecule has 1 fully saturated rings. The zero-order valence-electron chi connectivity index (χ0n) is 13.0. The van der Waals surface area contributed by atoms with Gasteiger partial charge < -0.3 is 19.7 Å². The van der Waals surface area contributed by atoms with Gasteiger partial charge >= 0.3 is 0 Å². The summed E-state index contributed by atoms with van der Waals surface area (Å²) in [5, 5.41) is 3.14. The predicted octanol–water partition coefficient (Wildman–Crippen LogP) is 1.31. The fraction of sp³-hybridized carbons (Fsp3) is 0.600. The van der Waals surface area contributed by atoms with Gasteiger partial charge in [0.1, 0.15) is 18.0 Å². The highest BCUT2D eigenvalue weighted by atomic mass is 16.5. The van der Waals surface area contributed by atoms with Crippen molar-refractivity contribution in [2.24, 2.45) is 0 Å². The molecule has 116 valence electrons. The molecule has 6 heteroatoms. The molecule has 0 saturated carbocycles. The van der Waals surface area contributed by atoms with Crippen LogP contribution < -0.4 is 5.32 Å². The minimum Gasteiger partial charge on any atom is -0.377 e. The normalized spacial score (nSPS) is 21.6. The molecular weight excluding hydrogens is 270 g/mol. The standard InChI is InChI=1S/C15H23N3O3/c1-5-16-14-7-11(6-10(2)17-14)15(19)18-8-12(20-3)13(9-18)21-4/h6-7,12-13H,5,8-9H2,1-4H3,(H,16,17). The topological polar surface area (TPSA) is 63.7 Å². The molecule has 1 aliphatic rings. The van der Waals surface area contributed by atoms with Crippen LogP contribution in [0, 0.1) is 6.92 Å². The van der Waals surface area contributed by atoms with Crippen molar-refractivity contribution in [3.05, 3.63) is 23.4 Å². The van der Waals surface area contributed by atoms with E-state index in [1.165, 1.54) is 0 Å². The molecule has 21 heavy (non-hydrogen) atoms. The summed E-state index contributed by atoms with van der Waals surface area (Å²) in [6.07, 6.45) is -0.148. The zero-order valence-corrected chi connectivity index (χ0v) is 13.0. The van der Waals surface area contributed by atoms with Crippen LogP contribution in [0.2, 0.25) is 0 Å². The van der Waals surface area contributed by atoms with E-state index in [4.69, 9.17) is 9.47 Å². The van der Waals surface area contributed by atoms with E-state index in [0.717, 1.165) is 18.1 Å². The Hall–Kier alpha value is -1.66. The minimum atomic E-state index is -0.0740. The van der Waals surface area contributed by atoms with E-state index in [-0.39, 0.29) is 18.1 Å². The second-order valence-electron chi connectivity index (χ2n) is 5.17. The van der Waals surface area contributed by atoms with Crippen molar-refractivity contribution in [3.8, 4) is 0 Å². The highest BCUT2D eigenvalue weighted by molar-refractivity contribution is 5.95. The highest BCUT2D eigenvalue weighted by Gasteiger charge is 2.35. The number of anilines is 1. The number of carbonyl (C=O) groups is 1. The van der Waals surface area contributed by atoms with E-state index < -0.39 is 0 Å². The Balaban J connectivity index is 2.17. The van der Waals surface area contributed by atoms with Gasteiger partial charge in [-0.3, -0.25) is 4.79 Å². The Kier molecular flexibility index (Phi) is 5.14. The zero-order chi connectivity index (χ0) is 15.4. The third kappa shape index (κ3) is 3.51. The van der Waals surface area contributed by atoms with Gasteiger partial charge in [0.25, 0.3) is 5.91 Å². The average molecular weight is 293 g/mol. The van der Waals surface area contributed by atoms with Crippen molar-refractivity contribution >= 4 is 11.7 Å². The van der Waals surface area contributed by atoms with Crippen LogP contribution in [0.25, 0.3) is 0 Å². The van der Waals surface area contributed by atoms with E-state index in [1.807, 2.05) is 19.9 Å². The first-order valence-electron chi connectivity index (χ1n) is 7.16. The lowest BCUT2D eigenvalue weighted by molar-refractivity contribution is -0.00461. The summed E-state index contributed by atoms with van der Waals surface area (Å²) >= 11 is 0. The maximum Gasteiger partial charge on any atom is 0.254 e. The van der Waals surface area contributed by atoms with Crippen molar-refractivity contribution in [1.29, 1.82) is 0 Å². The second kappa shape index (κ2) is 6.87. The largest absolute Gasteiger partial charge is 0.377 e. The first-order valence-corrected chi connectivity index (χ1v) is 7.16. The maximum atomic E-state index is 12.6. The molecule has 0 radical (unpaired) electrons. The van der Waals surface area contributed by atoms with Gasteiger partial charge in [-0.1, -0.05) is 0 Å². The van der Waals surface area contributed by atoms with Crippen molar-refractivity contribution in [3.63, 3.8) is 0 Å². The molecule has 1 aliphatic heterocycles. The molecule has 1 aromatic heterocycles. The number of rotatable bonds is 5. The Labute approximate surface area is 125 Å². The summed E-state index contributed by atoms with van der Waals surface area (Å²) in [6, 6.07) is 3.60. The number of hydrogen-bond acceptors (Lipinski definition) is 5. The van der Waals surface area contributed by atoms with Crippen molar-refractivity contribution in [2.45, 2.75) is 26.1 Å². The number of hydrogen-bond donors (Lipinski definition) is 1. The Morgan fingerprint density at radius 3 is 2.48 bits per heavy atom. The SMILES string of the molecule is CCNc1cc(C(=O)N2CC(OC)C(OC)C2)cc(C)n1. The van der Waals surface area contributed by atoms with Gasteiger partial charge in [0.2, 0.25) is 0 Å². The Morgan fingerprint density at radius 1 is 1.33 bits per heavy atom. The number of ether oxygens (including phenoxy) is 2. The number of methoxy groups -OCH3 is 2. The molecule has 0 bridgehead atoms. The fourth-order valence-corrected chi connectivity index (χ4v) is 2.61. The van der Waals surface area contributed by atoms with E-state index >= 15 is 0 Å². The van der Waals surface area contributed by atoms with E-state index in [2.05, 4.69) is 10.3 Å². The van der Waals surface area contributed by atoms with Gasteiger partial charge in [0, 0.05) is 45.1 Å². The van der Waals surface area contributed by atoms with Gasteiger partial charge in [0.05, 0.1) is 0 Å². The van der Waals surface area contributed by atoms with E-state index in [9.17, 15) is 4.79 Å². The molecule has 1 N–H and O–H groups in total. The van der Waals surface area contributed by atoms with Crippen LogP contribution in [-0.2, 0) is 9.47 Å². The number of amides is 1. The molecule has 2 rings (SSSR count). The van der Waals surface area contributed by atoms with Gasteiger partial charge in [-0.05, 0) is 26.0 Å². The first kappa shape index (κ1) is 15.7.